The first kappa shape index (κ1) is 23.8. The highest BCUT2D eigenvalue weighted by atomic mass is 32.2. The van der Waals surface area contributed by atoms with Crippen LogP contribution < -0.4 is 0 Å². The van der Waals surface area contributed by atoms with E-state index in [1.165, 1.54) is 30.7 Å². The summed E-state index contributed by atoms with van der Waals surface area (Å²) in [6.07, 6.45) is 5.01. The summed E-state index contributed by atoms with van der Waals surface area (Å²) in [6.45, 7) is 8.53. The number of carbonyl (C=O) groups is 1. The molecule has 0 aliphatic rings. The lowest BCUT2D eigenvalue weighted by Crippen LogP contribution is -2.15. The van der Waals surface area contributed by atoms with E-state index in [1.807, 2.05) is 6.92 Å². The minimum atomic E-state index is -1.13. The molecule has 0 radical (unpaired) electrons. The SMILES string of the molecule is CCC(C)CCCC(C)C(F)CCC(C)CSc1cccc(C(=O)O)c1O. The smallest absolute Gasteiger partial charge is 0.339 e. The third-order valence-corrected chi connectivity index (χ3v) is 6.73. The second kappa shape index (κ2) is 12.3. The average Bonchev–Trinajstić information content (AvgIpc) is 2.64. The quantitative estimate of drug-likeness (QED) is 0.359. The lowest BCUT2D eigenvalue weighted by atomic mass is 9.91. The molecule has 0 aliphatic heterocycles. The number of thioether (sulfide) groups is 1. The summed E-state index contributed by atoms with van der Waals surface area (Å²) in [7, 11) is 0. The zero-order chi connectivity index (χ0) is 20.4. The van der Waals surface area contributed by atoms with Crippen molar-refractivity contribution in [2.45, 2.75) is 77.3 Å². The Morgan fingerprint density at radius 1 is 1.11 bits per heavy atom. The Labute approximate surface area is 167 Å². The zero-order valence-corrected chi connectivity index (χ0v) is 17.9. The average molecular weight is 399 g/mol. The Balaban J connectivity index is 2.35. The second-order valence-electron chi connectivity index (χ2n) is 7.89. The van der Waals surface area contributed by atoms with Crippen LogP contribution in [-0.2, 0) is 0 Å². The first-order chi connectivity index (χ1) is 12.8. The van der Waals surface area contributed by atoms with Gasteiger partial charge >= 0.3 is 5.97 Å². The van der Waals surface area contributed by atoms with Gasteiger partial charge in [-0.25, -0.2) is 9.18 Å². The molecule has 0 fully saturated rings. The van der Waals surface area contributed by atoms with Crippen molar-refractivity contribution >= 4 is 17.7 Å². The molecule has 1 rings (SSSR count). The number of hydrogen-bond acceptors (Lipinski definition) is 3. The van der Waals surface area contributed by atoms with Gasteiger partial charge in [-0.3, -0.25) is 0 Å². The molecule has 154 valence electrons. The standard InChI is InChI=1S/C22H35FO3S/c1-5-15(2)8-6-9-17(4)19(23)13-12-16(3)14-27-20-11-7-10-18(21(20)24)22(25)26/h7,10-11,15-17,19,24H,5-6,8-9,12-14H2,1-4H3,(H,25,26). The lowest BCUT2D eigenvalue weighted by Gasteiger charge is -2.19. The number of aromatic hydroxyl groups is 1. The van der Waals surface area contributed by atoms with Gasteiger partial charge in [-0.2, -0.15) is 0 Å². The van der Waals surface area contributed by atoms with Gasteiger partial charge in [-0.15, -0.1) is 11.8 Å². The van der Waals surface area contributed by atoms with E-state index < -0.39 is 12.1 Å². The molecule has 0 saturated heterocycles. The molecule has 4 atom stereocenters. The monoisotopic (exact) mass is 398 g/mol. The predicted molar refractivity (Wildman–Crippen MR) is 112 cm³/mol. The maximum absolute atomic E-state index is 14.4. The first-order valence-electron chi connectivity index (χ1n) is 10.1. The number of para-hydroxylation sites is 1. The Kier molecular flexibility index (Phi) is 10.8. The maximum Gasteiger partial charge on any atom is 0.339 e. The van der Waals surface area contributed by atoms with E-state index in [4.69, 9.17) is 5.11 Å². The van der Waals surface area contributed by atoms with Gasteiger partial charge in [0.25, 0.3) is 0 Å². The van der Waals surface area contributed by atoms with Crippen molar-refractivity contribution in [3.05, 3.63) is 23.8 Å². The van der Waals surface area contributed by atoms with Gasteiger partial charge in [0.2, 0.25) is 0 Å². The number of alkyl halides is 1. The molecule has 0 heterocycles. The van der Waals surface area contributed by atoms with E-state index in [9.17, 15) is 14.3 Å². The van der Waals surface area contributed by atoms with Gasteiger partial charge in [0.15, 0.2) is 0 Å². The van der Waals surface area contributed by atoms with Crippen molar-refractivity contribution in [1.82, 2.24) is 0 Å². The van der Waals surface area contributed by atoms with Crippen molar-refractivity contribution in [3.63, 3.8) is 0 Å². The molecule has 4 unspecified atom stereocenters. The van der Waals surface area contributed by atoms with Crippen molar-refractivity contribution < 1.29 is 19.4 Å². The van der Waals surface area contributed by atoms with Crippen LogP contribution in [0, 0.1) is 17.8 Å². The topological polar surface area (TPSA) is 57.5 Å². The second-order valence-corrected chi connectivity index (χ2v) is 8.95. The van der Waals surface area contributed by atoms with Crippen molar-refractivity contribution in [2.24, 2.45) is 17.8 Å². The highest BCUT2D eigenvalue weighted by molar-refractivity contribution is 7.99. The van der Waals surface area contributed by atoms with E-state index in [1.54, 1.807) is 12.1 Å². The van der Waals surface area contributed by atoms with Crippen LogP contribution in [0.25, 0.3) is 0 Å². The molecule has 27 heavy (non-hydrogen) atoms. The fourth-order valence-electron chi connectivity index (χ4n) is 3.03. The number of benzene rings is 1. The van der Waals surface area contributed by atoms with Crippen LogP contribution in [0.5, 0.6) is 5.75 Å². The molecule has 0 aliphatic carbocycles. The summed E-state index contributed by atoms with van der Waals surface area (Å²) in [5.74, 6) is 0.541. The van der Waals surface area contributed by atoms with E-state index in [0.717, 1.165) is 30.9 Å². The molecule has 1 aromatic carbocycles. The highest BCUT2D eigenvalue weighted by Crippen LogP contribution is 2.33. The molecule has 0 aromatic heterocycles. The normalized spacial score (nSPS) is 15.9. The molecule has 2 N–H and O–H groups in total. The number of aromatic carboxylic acids is 1. The molecule has 1 aromatic rings. The Hall–Kier alpha value is -1.23. The summed E-state index contributed by atoms with van der Waals surface area (Å²) in [6, 6.07) is 4.74. The number of hydrogen-bond donors (Lipinski definition) is 2. The summed E-state index contributed by atoms with van der Waals surface area (Å²) >= 11 is 1.43. The fraction of sp³-hybridized carbons (Fsp3) is 0.682. The van der Waals surface area contributed by atoms with Gasteiger partial charge in [0.05, 0.1) is 4.90 Å². The number of phenols is 1. The molecule has 0 bridgehead atoms. The fourth-order valence-corrected chi connectivity index (χ4v) is 4.08. The largest absolute Gasteiger partial charge is 0.506 e. The molecule has 5 heteroatoms. The first-order valence-corrected chi connectivity index (χ1v) is 11.1. The van der Waals surface area contributed by atoms with Gasteiger partial charge in [-0.1, -0.05) is 53.0 Å². The third kappa shape index (κ3) is 8.54. The maximum atomic E-state index is 14.4. The summed E-state index contributed by atoms with van der Waals surface area (Å²) in [5, 5.41) is 19.1. The third-order valence-electron chi connectivity index (χ3n) is 5.36. The van der Waals surface area contributed by atoms with E-state index >= 15 is 0 Å². The number of rotatable bonds is 13. The zero-order valence-electron chi connectivity index (χ0n) is 17.1. The van der Waals surface area contributed by atoms with E-state index in [2.05, 4.69) is 20.8 Å². The molecule has 0 amide bonds. The molecule has 0 spiro atoms. The van der Waals surface area contributed by atoms with Gasteiger partial charge < -0.3 is 10.2 Å². The minimum absolute atomic E-state index is 0.0808. The summed E-state index contributed by atoms with van der Waals surface area (Å²) in [4.78, 5) is 11.6. The minimum Gasteiger partial charge on any atom is -0.506 e. The van der Waals surface area contributed by atoms with Crippen LogP contribution in [0.4, 0.5) is 4.39 Å². The van der Waals surface area contributed by atoms with Crippen LogP contribution in [0.1, 0.15) is 76.6 Å². The predicted octanol–water partition coefficient (Wildman–Crippen LogP) is 6.79. The van der Waals surface area contributed by atoms with Crippen LogP contribution >= 0.6 is 11.8 Å². The van der Waals surface area contributed by atoms with Gasteiger partial charge in [0, 0.05) is 5.75 Å². The molecule has 3 nitrogen and oxygen atoms in total. The molecular weight excluding hydrogens is 363 g/mol. The highest BCUT2D eigenvalue weighted by Gasteiger charge is 2.18. The Morgan fingerprint density at radius 3 is 2.44 bits per heavy atom. The van der Waals surface area contributed by atoms with Crippen molar-refractivity contribution in [2.75, 3.05) is 5.75 Å². The summed E-state index contributed by atoms with van der Waals surface area (Å²) in [5.41, 5.74) is -0.0808. The van der Waals surface area contributed by atoms with Crippen LogP contribution in [-0.4, -0.2) is 28.1 Å². The number of carboxylic acids is 1. The Bertz CT molecular complexity index is 579. The van der Waals surface area contributed by atoms with Crippen LogP contribution in [0.2, 0.25) is 0 Å². The van der Waals surface area contributed by atoms with Crippen LogP contribution in [0.15, 0.2) is 23.1 Å². The van der Waals surface area contributed by atoms with Crippen molar-refractivity contribution in [1.29, 1.82) is 0 Å². The summed E-state index contributed by atoms with van der Waals surface area (Å²) < 4.78 is 14.4. The lowest BCUT2D eigenvalue weighted by molar-refractivity contribution is 0.0693. The van der Waals surface area contributed by atoms with Crippen molar-refractivity contribution in [3.8, 4) is 5.75 Å². The van der Waals surface area contributed by atoms with E-state index in [-0.39, 0.29) is 17.2 Å². The van der Waals surface area contributed by atoms with E-state index in [0.29, 0.717) is 17.2 Å². The van der Waals surface area contributed by atoms with Crippen LogP contribution in [0.3, 0.4) is 0 Å². The van der Waals surface area contributed by atoms with Gasteiger partial charge in [0.1, 0.15) is 17.5 Å². The molecule has 0 saturated carbocycles. The molecular formula is C22H35FO3S. The number of carboxylic acid groups (broad SMARTS) is 1. The van der Waals surface area contributed by atoms with Gasteiger partial charge in [-0.05, 0) is 49.1 Å². The Morgan fingerprint density at radius 2 is 1.81 bits per heavy atom. The number of halogens is 1.